The van der Waals surface area contributed by atoms with E-state index in [4.69, 9.17) is 4.74 Å². The smallest absolute Gasteiger partial charge is 0.307 e. The number of rotatable bonds is 7. The molecule has 2 rings (SSSR count). The van der Waals surface area contributed by atoms with E-state index in [2.05, 4.69) is 5.32 Å². The Labute approximate surface area is 146 Å². The predicted molar refractivity (Wildman–Crippen MR) is 90.8 cm³/mol. The van der Waals surface area contributed by atoms with Gasteiger partial charge in [-0.3, -0.25) is 14.4 Å². The van der Waals surface area contributed by atoms with Gasteiger partial charge in [-0.25, -0.2) is 8.42 Å². The van der Waals surface area contributed by atoms with Crippen LogP contribution >= 0.6 is 0 Å². The van der Waals surface area contributed by atoms with Crippen LogP contribution in [0.2, 0.25) is 0 Å². The summed E-state index contributed by atoms with van der Waals surface area (Å²) in [6, 6.07) is 8.15. The third kappa shape index (κ3) is 5.97. The van der Waals surface area contributed by atoms with E-state index in [1.807, 2.05) is 0 Å². The third-order valence-corrected chi connectivity index (χ3v) is 5.68. The molecule has 7 nitrogen and oxygen atoms in total. The van der Waals surface area contributed by atoms with Crippen molar-refractivity contribution in [3.05, 3.63) is 35.9 Å². The van der Waals surface area contributed by atoms with Crippen LogP contribution in [0.4, 0.5) is 0 Å². The van der Waals surface area contributed by atoms with Gasteiger partial charge in [0, 0.05) is 18.0 Å². The lowest BCUT2D eigenvalue weighted by Gasteiger charge is -2.16. The van der Waals surface area contributed by atoms with Crippen LogP contribution in [0.15, 0.2) is 30.3 Å². The molecule has 1 N–H and O–H groups in total. The standard InChI is InChI=1S/C17H21NO6S/c1-12(17(21)18-14-9-10-25(22,23)11-14)24-16(20)8-7-15(19)13-5-3-2-4-6-13/h2-6,12,14H,7-11H2,1H3,(H,18,21)/t12-,14+/m0/s1. The molecule has 1 fully saturated rings. The highest BCUT2D eigenvalue weighted by Gasteiger charge is 2.30. The van der Waals surface area contributed by atoms with Gasteiger partial charge in [-0.2, -0.15) is 0 Å². The number of hydrogen-bond acceptors (Lipinski definition) is 6. The lowest BCUT2D eigenvalue weighted by Crippen LogP contribution is -2.42. The average molecular weight is 367 g/mol. The highest BCUT2D eigenvalue weighted by Crippen LogP contribution is 2.12. The highest BCUT2D eigenvalue weighted by atomic mass is 32.2. The minimum Gasteiger partial charge on any atom is -0.453 e. The van der Waals surface area contributed by atoms with Crippen molar-refractivity contribution in [3.63, 3.8) is 0 Å². The summed E-state index contributed by atoms with van der Waals surface area (Å²) in [5.74, 6) is -1.40. The van der Waals surface area contributed by atoms with Gasteiger partial charge in [0.05, 0.1) is 17.9 Å². The largest absolute Gasteiger partial charge is 0.453 e. The normalized spacial score (nSPS) is 19.8. The van der Waals surface area contributed by atoms with Crippen molar-refractivity contribution in [2.75, 3.05) is 11.5 Å². The fourth-order valence-electron chi connectivity index (χ4n) is 2.52. The molecule has 0 bridgehead atoms. The van der Waals surface area contributed by atoms with Crippen LogP contribution in [0.25, 0.3) is 0 Å². The van der Waals surface area contributed by atoms with Gasteiger partial charge in [-0.05, 0) is 13.3 Å². The van der Waals surface area contributed by atoms with Crippen LogP contribution in [0, 0.1) is 0 Å². The van der Waals surface area contributed by atoms with Crippen LogP contribution < -0.4 is 5.32 Å². The molecule has 1 amide bonds. The number of Topliss-reactive ketones (excluding diaryl/α,β-unsaturated/α-hetero) is 1. The van der Waals surface area contributed by atoms with E-state index in [0.29, 0.717) is 12.0 Å². The van der Waals surface area contributed by atoms with Gasteiger partial charge in [-0.1, -0.05) is 30.3 Å². The molecule has 1 aromatic rings. The summed E-state index contributed by atoms with van der Waals surface area (Å²) in [6.45, 7) is 1.41. The number of benzene rings is 1. The van der Waals surface area contributed by atoms with Gasteiger partial charge in [0.2, 0.25) is 0 Å². The average Bonchev–Trinajstić information content (AvgIpc) is 2.91. The fraction of sp³-hybridized carbons (Fsp3) is 0.471. The summed E-state index contributed by atoms with van der Waals surface area (Å²) >= 11 is 0. The summed E-state index contributed by atoms with van der Waals surface area (Å²) in [7, 11) is -3.09. The summed E-state index contributed by atoms with van der Waals surface area (Å²) in [5.41, 5.74) is 0.517. The van der Waals surface area contributed by atoms with Crippen molar-refractivity contribution in [3.8, 4) is 0 Å². The Morgan fingerprint density at radius 1 is 1.20 bits per heavy atom. The predicted octanol–water partition coefficient (Wildman–Crippen LogP) is 0.885. The van der Waals surface area contributed by atoms with Crippen molar-refractivity contribution < 1.29 is 27.5 Å². The molecule has 0 aliphatic carbocycles. The van der Waals surface area contributed by atoms with Crippen molar-refractivity contribution in [2.45, 2.75) is 38.3 Å². The Kier molecular flexibility index (Phi) is 6.30. The molecular formula is C17H21NO6S. The SMILES string of the molecule is C[C@H](OC(=O)CCC(=O)c1ccccc1)C(=O)N[C@@H]1CCS(=O)(=O)C1. The van der Waals surface area contributed by atoms with Gasteiger partial charge in [0.15, 0.2) is 21.7 Å². The van der Waals surface area contributed by atoms with Crippen LogP contribution in [0.3, 0.4) is 0 Å². The molecule has 8 heteroatoms. The monoisotopic (exact) mass is 367 g/mol. The molecule has 2 atom stereocenters. The molecule has 1 heterocycles. The Morgan fingerprint density at radius 3 is 2.48 bits per heavy atom. The topological polar surface area (TPSA) is 107 Å². The number of ketones is 1. The van der Waals surface area contributed by atoms with Gasteiger partial charge in [0.1, 0.15) is 0 Å². The van der Waals surface area contributed by atoms with Crippen LogP contribution in [0.1, 0.15) is 36.5 Å². The molecule has 0 unspecified atom stereocenters. The van der Waals surface area contributed by atoms with Crippen molar-refractivity contribution in [1.29, 1.82) is 0 Å². The lowest BCUT2D eigenvalue weighted by atomic mass is 10.1. The molecule has 0 spiro atoms. The number of esters is 1. The lowest BCUT2D eigenvalue weighted by molar-refractivity contribution is -0.154. The van der Waals surface area contributed by atoms with E-state index in [0.717, 1.165) is 0 Å². The maximum absolute atomic E-state index is 12.0. The summed E-state index contributed by atoms with van der Waals surface area (Å²) in [4.78, 5) is 35.7. The molecule has 1 saturated heterocycles. The molecule has 136 valence electrons. The highest BCUT2D eigenvalue weighted by molar-refractivity contribution is 7.91. The molecule has 0 radical (unpaired) electrons. The second-order valence-corrected chi connectivity index (χ2v) is 8.26. The zero-order valence-electron chi connectivity index (χ0n) is 13.9. The number of sulfone groups is 1. The maximum Gasteiger partial charge on any atom is 0.307 e. The number of nitrogens with one attached hydrogen (secondary N) is 1. The van der Waals surface area contributed by atoms with Crippen molar-refractivity contribution >= 4 is 27.5 Å². The number of amides is 1. The summed E-state index contributed by atoms with van der Waals surface area (Å²) < 4.78 is 27.7. The van der Waals surface area contributed by atoms with Gasteiger partial charge in [0.25, 0.3) is 5.91 Å². The van der Waals surface area contributed by atoms with E-state index >= 15 is 0 Å². The van der Waals surface area contributed by atoms with E-state index in [1.54, 1.807) is 30.3 Å². The molecule has 1 aromatic carbocycles. The van der Waals surface area contributed by atoms with Gasteiger partial charge >= 0.3 is 5.97 Å². The van der Waals surface area contributed by atoms with E-state index < -0.39 is 33.9 Å². The number of carbonyl (C=O) groups excluding carboxylic acids is 3. The molecule has 25 heavy (non-hydrogen) atoms. The van der Waals surface area contributed by atoms with E-state index in [9.17, 15) is 22.8 Å². The second-order valence-electron chi connectivity index (χ2n) is 6.03. The third-order valence-electron chi connectivity index (χ3n) is 3.91. The molecule has 1 aliphatic rings. The van der Waals surface area contributed by atoms with Gasteiger partial charge in [-0.15, -0.1) is 0 Å². The second kappa shape index (κ2) is 8.24. The molecule has 0 saturated carbocycles. The zero-order chi connectivity index (χ0) is 18.4. The minimum absolute atomic E-state index is 0.00193. The summed E-state index contributed by atoms with van der Waals surface area (Å²) in [6.07, 6.45) is -0.802. The maximum atomic E-state index is 12.0. The number of ether oxygens (including phenoxy) is 1. The quantitative estimate of drug-likeness (QED) is 0.566. The Bertz CT molecular complexity index is 744. The Morgan fingerprint density at radius 2 is 1.88 bits per heavy atom. The van der Waals surface area contributed by atoms with Gasteiger partial charge < -0.3 is 10.1 Å². The van der Waals surface area contributed by atoms with Crippen molar-refractivity contribution in [2.24, 2.45) is 0 Å². The summed E-state index contributed by atoms with van der Waals surface area (Å²) in [5, 5.41) is 2.57. The minimum atomic E-state index is -3.09. The first-order valence-electron chi connectivity index (χ1n) is 8.05. The number of carbonyl (C=O) groups is 3. The first kappa shape index (κ1) is 19.1. The Hall–Kier alpha value is -2.22. The van der Waals surface area contributed by atoms with Crippen LogP contribution in [-0.4, -0.2) is 49.7 Å². The van der Waals surface area contributed by atoms with E-state index in [1.165, 1.54) is 6.92 Å². The zero-order valence-corrected chi connectivity index (χ0v) is 14.8. The Balaban J connectivity index is 1.74. The first-order chi connectivity index (χ1) is 11.8. The van der Waals surface area contributed by atoms with Crippen molar-refractivity contribution in [1.82, 2.24) is 5.32 Å². The van der Waals surface area contributed by atoms with Crippen LogP contribution in [0.5, 0.6) is 0 Å². The molecular weight excluding hydrogens is 346 g/mol. The molecule has 0 aromatic heterocycles. The first-order valence-corrected chi connectivity index (χ1v) is 9.87. The van der Waals surface area contributed by atoms with Crippen LogP contribution in [-0.2, 0) is 24.2 Å². The van der Waals surface area contributed by atoms with E-state index in [-0.39, 0.29) is 30.1 Å². The fourth-order valence-corrected chi connectivity index (χ4v) is 4.19. The molecule has 1 aliphatic heterocycles. The number of hydrogen-bond donors (Lipinski definition) is 1.